The molecule has 0 fully saturated rings. The van der Waals surface area contributed by atoms with Gasteiger partial charge in [0.2, 0.25) is 0 Å². The second-order valence-corrected chi connectivity index (χ2v) is 8.32. The maximum Gasteiger partial charge on any atom is 0.411 e. The van der Waals surface area contributed by atoms with Gasteiger partial charge < -0.3 is 9.64 Å². The van der Waals surface area contributed by atoms with E-state index in [2.05, 4.69) is 41.2 Å². The number of amides is 1. The number of ether oxygens (including phenoxy) is 1. The number of nitrogens with zero attached hydrogens (tertiary/aromatic N) is 2. The molecule has 0 saturated carbocycles. The van der Waals surface area contributed by atoms with Crippen molar-refractivity contribution in [3.8, 4) is 10.6 Å². The quantitative estimate of drug-likeness (QED) is 0.557. The van der Waals surface area contributed by atoms with Crippen molar-refractivity contribution >= 4 is 23.1 Å². The van der Waals surface area contributed by atoms with Crippen molar-refractivity contribution in [2.75, 3.05) is 26.0 Å². The number of rotatable bonds is 7. The van der Waals surface area contributed by atoms with Gasteiger partial charge in [0.25, 0.3) is 0 Å². The van der Waals surface area contributed by atoms with Crippen LogP contribution in [0.15, 0.2) is 54.0 Å². The van der Waals surface area contributed by atoms with Crippen LogP contribution >= 0.6 is 11.3 Å². The number of carbonyl (C=O) groups is 1. The number of carbonyl (C=O) groups excluding carboxylic acids is 1. The van der Waals surface area contributed by atoms with E-state index >= 15 is 0 Å². The van der Waals surface area contributed by atoms with Crippen LogP contribution in [0.4, 0.5) is 10.5 Å². The van der Waals surface area contributed by atoms with E-state index in [0.29, 0.717) is 6.61 Å². The molecule has 0 saturated heterocycles. The molecule has 1 amide bonds. The number of aryl methyl sites for hydroxylation is 1. The molecule has 1 aromatic heterocycles. The Morgan fingerprint density at radius 1 is 1.24 bits per heavy atom. The van der Waals surface area contributed by atoms with Gasteiger partial charge in [-0.15, -0.1) is 11.3 Å². The van der Waals surface area contributed by atoms with Gasteiger partial charge >= 0.3 is 6.09 Å². The molecule has 6 heteroatoms. The standard InChI is InChI=1S/C23H27N3O2S/c1-16-7-5-6-8-20(16)17(2)15-28-23(27)25-19-9-10-21(22-24-11-12-29-22)18(13-19)14-26(3)4/h5-13,17H,14-15H2,1-4H3,(H,25,27). The van der Waals surface area contributed by atoms with Crippen LogP contribution in [0, 0.1) is 6.92 Å². The molecule has 0 radical (unpaired) electrons. The Kier molecular flexibility index (Phi) is 7.01. The third-order valence-electron chi connectivity index (χ3n) is 4.68. The Balaban J connectivity index is 1.66. The molecule has 2 aromatic carbocycles. The zero-order valence-corrected chi connectivity index (χ0v) is 18.1. The fraction of sp³-hybridized carbons (Fsp3) is 0.304. The number of anilines is 1. The molecule has 0 aliphatic heterocycles. The molecular formula is C23H27N3O2S. The third kappa shape index (κ3) is 5.65. The molecule has 152 valence electrons. The van der Waals surface area contributed by atoms with Crippen LogP contribution in [0.25, 0.3) is 10.6 Å². The summed E-state index contributed by atoms with van der Waals surface area (Å²) in [6, 6.07) is 14.1. The zero-order valence-electron chi connectivity index (χ0n) is 17.3. The van der Waals surface area contributed by atoms with Gasteiger partial charge in [-0.3, -0.25) is 5.32 Å². The minimum atomic E-state index is -0.441. The highest BCUT2D eigenvalue weighted by atomic mass is 32.1. The number of nitrogens with one attached hydrogen (secondary N) is 1. The van der Waals surface area contributed by atoms with E-state index < -0.39 is 6.09 Å². The molecule has 3 rings (SSSR count). The summed E-state index contributed by atoms with van der Waals surface area (Å²) in [6.45, 7) is 5.22. The first-order valence-electron chi connectivity index (χ1n) is 9.61. The van der Waals surface area contributed by atoms with Crippen LogP contribution in [-0.4, -0.2) is 36.7 Å². The highest BCUT2D eigenvalue weighted by Gasteiger charge is 2.14. The van der Waals surface area contributed by atoms with Crippen molar-refractivity contribution in [3.05, 3.63) is 70.7 Å². The number of thiazole rings is 1. The molecular weight excluding hydrogens is 382 g/mol. The fourth-order valence-electron chi connectivity index (χ4n) is 3.29. The molecule has 0 spiro atoms. The Hall–Kier alpha value is -2.70. The number of benzene rings is 2. The maximum absolute atomic E-state index is 12.3. The summed E-state index contributed by atoms with van der Waals surface area (Å²) in [5, 5.41) is 5.79. The van der Waals surface area contributed by atoms with Gasteiger partial charge in [0, 0.05) is 35.3 Å². The van der Waals surface area contributed by atoms with E-state index in [0.717, 1.165) is 28.4 Å². The van der Waals surface area contributed by atoms with Crippen LogP contribution in [0.5, 0.6) is 0 Å². The number of aromatic nitrogens is 1. The minimum absolute atomic E-state index is 0.138. The zero-order chi connectivity index (χ0) is 20.8. The highest BCUT2D eigenvalue weighted by Crippen LogP contribution is 2.29. The monoisotopic (exact) mass is 409 g/mol. The first-order valence-corrected chi connectivity index (χ1v) is 10.5. The summed E-state index contributed by atoms with van der Waals surface area (Å²) in [6.07, 6.45) is 1.36. The van der Waals surface area contributed by atoms with Gasteiger partial charge in [-0.1, -0.05) is 31.2 Å². The van der Waals surface area contributed by atoms with E-state index in [4.69, 9.17) is 4.74 Å². The molecule has 0 aliphatic rings. The summed E-state index contributed by atoms with van der Waals surface area (Å²) in [5.74, 6) is 0.138. The van der Waals surface area contributed by atoms with Crippen LogP contribution in [0.3, 0.4) is 0 Å². The Morgan fingerprint density at radius 2 is 2.03 bits per heavy atom. The summed E-state index contributed by atoms with van der Waals surface area (Å²) in [7, 11) is 4.04. The largest absolute Gasteiger partial charge is 0.449 e. The lowest BCUT2D eigenvalue weighted by Crippen LogP contribution is -2.18. The lowest BCUT2D eigenvalue weighted by atomic mass is 9.97. The Labute approximate surface area is 176 Å². The lowest BCUT2D eigenvalue weighted by molar-refractivity contribution is 0.155. The summed E-state index contributed by atoms with van der Waals surface area (Å²) >= 11 is 1.61. The van der Waals surface area contributed by atoms with Gasteiger partial charge in [0.1, 0.15) is 5.01 Å². The molecule has 3 aromatic rings. The molecule has 0 bridgehead atoms. The average Bonchev–Trinajstić information content (AvgIpc) is 3.21. The molecule has 1 N–H and O–H groups in total. The van der Waals surface area contributed by atoms with Gasteiger partial charge in [0.05, 0.1) is 6.61 Å². The third-order valence-corrected chi connectivity index (χ3v) is 5.49. The molecule has 1 unspecified atom stereocenters. The fourth-order valence-corrected chi connectivity index (χ4v) is 3.99. The highest BCUT2D eigenvalue weighted by molar-refractivity contribution is 7.13. The SMILES string of the molecule is Cc1ccccc1C(C)COC(=O)Nc1ccc(-c2nccs2)c(CN(C)C)c1. The van der Waals surface area contributed by atoms with Crippen molar-refractivity contribution in [2.45, 2.75) is 26.3 Å². The first-order chi connectivity index (χ1) is 13.9. The molecule has 1 heterocycles. The number of hydrogen-bond donors (Lipinski definition) is 1. The van der Waals surface area contributed by atoms with E-state index in [-0.39, 0.29) is 5.92 Å². The van der Waals surface area contributed by atoms with Gasteiger partial charge in [-0.2, -0.15) is 0 Å². The second kappa shape index (κ2) is 9.67. The van der Waals surface area contributed by atoms with E-state index in [1.165, 1.54) is 11.1 Å². The maximum atomic E-state index is 12.3. The molecule has 29 heavy (non-hydrogen) atoms. The molecule has 5 nitrogen and oxygen atoms in total. The van der Waals surface area contributed by atoms with Crippen LogP contribution in [0.2, 0.25) is 0 Å². The normalized spacial score (nSPS) is 12.0. The Morgan fingerprint density at radius 3 is 2.72 bits per heavy atom. The van der Waals surface area contributed by atoms with E-state index in [1.807, 2.05) is 49.8 Å². The minimum Gasteiger partial charge on any atom is -0.449 e. The smallest absolute Gasteiger partial charge is 0.411 e. The summed E-state index contributed by atoms with van der Waals surface area (Å²) in [4.78, 5) is 18.8. The van der Waals surface area contributed by atoms with Crippen LogP contribution < -0.4 is 5.32 Å². The summed E-state index contributed by atoms with van der Waals surface area (Å²) < 4.78 is 5.47. The van der Waals surface area contributed by atoms with E-state index in [1.54, 1.807) is 17.5 Å². The van der Waals surface area contributed by atoms with Gasteiger partial charge in [-0.25, -0.2) is 9.78 Å². The lowest BCUT2D eigenvalue weighted by Gasteiger charge is -2.17. The van der Waals surface area contributed by atoms with Gasteiger partial charge in [-0.05, 0) is 55.9 Å². The first kappa shape index (κ1) is 21.0. The average molecular weight is 410 g/mol. The predicted molar refractivity (Wildman–Crippen MR) is 120 cm³/mol. The topological polar surface area (TPSA) is 54.5 Å². The van der Waals surface area contributed by atoms with Crippen LogP contribution in [0.1, 0.15) is 29.5 Å². The predicted octanol–water partition coefficient (Wildman–Crippen LogP) is 5.53. The molecule has 0 aliphatic carbocycles. The van der Waals surface area contributed by atoms with Crippen molar-refractivity contribution in [2.24, 2.45) is 0 Å². The van der Waals surface area contributed by atoms with Crippen molar-refractivity contribution in [1.82, 2.24) is 9.88 Å². The Bertz CT molecular complexity index is 955. The number of hydrogen-bond acceptors (Lipinski definition) is 5. The van der Waals surface area contributed by atoms with E-state index in [9.17, 15) is 4.79 Å². The van der Waals surface area contributed by atoms with Crippen molar-refractivity contribution in [3.63, 3.8) is 0 Å². The van der Waals surface area contributed by atoms with Gasteiger partial charge in [0.15, 0.2) is 0 Å². The molecule has 1 atom stereocenters. The van der Waals surface area contributed by atoms with Crippen LogP contribution in [-0.2, 0) is 11.3 Å². The van der Waals surface area contributed by atoms with Crippen molar-refractivity contribution < 1.29 is 9.53 Å². The summed E-state index contributed by atoms with van der Waals surface area (Å²) in [5.41, 5.74) is 5.31. The second-order valence-electron chi connectivity index (χ2n) is 7.43. The van der Waals surface area contributed by atoms with Crippen molar-refractivity contribution in [1.29, 1.82) is 0 Å².